The smallest absolute Gasteiger partial charge is 0.409 e. The SMILES string of the molecule is CCC(C)B(OC(C)C)OC(C)C. The molecule has 2 nitrogen and oxygen atoms in total. The van der Waals surface area contributed by atoms with Gasteiger partial charge in [-0.25, -0.2) is 0 Å². The second-order valence-electron chi connectivity index (χ2n) is 4.12. The van der Waals surface area contributed by atoms with Crippen LogP contribution < -0.4 is 0 Å². The van der Waals surface area contributed by atoms with E-state index in [1.54, 1.807) is 0 Å². The van der Waals surface area contributed by atoms with Gasteiger partial charge in [0.05, 0.1) is 0 Å². The lowest BCUT2D eigenvalue weighted by atomic mass is 9.71. The van der Waals surface area contributed by atoms with Crippen LogP contribution >= 0.6 is 0 Å². The van der Waals surface area contributed by atoms with Gasteiger partial charge in [-0.2, -0.15) is 0 Å². The Morgan fingerprint density at radius 1 is 0.923 bits per heavy atom. The molecular weight excluding hydrogens is 163 g/mol. The molecule has 3 heteroatoms. The summed E-state index contributed by atoms with van der Waals surface area (Å²) in [5, 5.41) is 0. The molecule has 0 saturated carbocycles. The van der Waals surface area contributed by atoms with Crippen LogP contribution in [0.4, 0.5) is 0 Å². The van der Waals surface area contributed by atoms with E-state index in [9.17, 15) is 0 Å². The Morgan fingerprint density at radius 2 is 1.31 bits per heavy atom. The summed E-state index contributed by atoms with van der Waals surface area (Å²) in [6, 6.07) is 0. The third-order valence-electron chi connectivity index (χ3n) is 1.92. The predicted molar refractivity (Wildman–Crippen MR) is 57.9 cm³/mol. The normalized spacial score (nSPS) is 13.8. The minimum Gasteiger partial charge on any atom is -0.409 e. The van der Waals surface area contributed by atoms with Gasteiger partial charge in [0.15, 0.2) is 0 Å². The quantitative estimate of drug-likeness (QED) is 0.593. The van der Waals surface area contributed by atoms with Gasteiger partial charge in [-0.3, -0.25) is 0 Å². The van der Waals surface area contributed by atoms with Crippen LogP contribution in [-0.2, 0) is 9.31 Å². The first kappa shape index (κ1) is 13.0. The monoisotopic (exact) mass is 186 g/mol. The van der Waals surface area contributed by atoms with Crippen LogP contribution in [0, 0.1) is 0 Å². The van der Waals surface area contributed by atoms with Gasteiger partial charge in [0.1, 0.15) is 0 Å². The van der Waals surface area contributed by atoms with Crippen molar-refractivity contribution in [3.63, 3.8) is 0 Å². The number of rotatable bonds is 6. The largest absolute Gasteiger partial charge is 0.460 e. The lowest BCUT2D eigenvalue weighted by Gasteiger charge is -2.23. The lowest BCUT2D eigenvalue weighted by molar-refractivity contribution is 0.123. The zero-order chi connectivity index (χ0) is 10.4. The van der Waals surface area contributed by atoms with Gasteiger partial charge in [-0.05, 0) is 33.5 Å². The van der Waals surface area contributed by atoms with Crippen LogP contribution in [0.2, 0.25) is 5.82 Å². The van der Waals surface area contributed by atoms with E-state index in [4.69, 9.17) is 9.31 Å². The molecule has 13 heavy (non-hydrogen) atoms. The van der Waals surface area contributed by atoms with Gasteiger partial charge in [0.25, 0.3) is 0 Å². The van der Waals surface area contributed by atoms with Gasteiger partial charge in [-0.15, -0.1) is 0 Å². The Kier molecular flexibility index (Phi) is 6.43. The maximum atomic E-state index is 5.69. The average Bonchev–Trinajstić information content (AvgIpc) is 2.00. The minimum atomic E-state index is -0.0509. The van der Waals surface area contributed by atoms with Crippen LogP contribution in [0.3, 0.4) is 0 Å². The fourth-order valence-corrected chi connectivity index (χ4v) is 1.03. The van der Waals surface area contributed by atoms with Crippen molar-refractivity contribution in [1.82, 2.24) is 0 Å². The van der Waals surface area contributed by atoms with E-state index in [1.165, 1.54) is 0 Å². The van der Waals surface area contributed by atoms with Crippen molar-refractivity contribution < 1.29 is 9.31 Å². The van der Waals surface area contributed by atoms with Crippen molar-refractivity contribution in [3.8, 4) is 0 Å². The van der Waals surface area contributed by atoms with Gasteiger partial charge in [-0.1, -0.05) is 20.3 Å². The van der Waals surface area contributed by atoms with Crippen molar-refractivity contribution >= 4 is 7.12 Å². The molecule has 0 aliphatic heterocycles. The molecule has 0 radical (unpaired) electrons. The first-order valence-electron chi connectivity index (χ1n) is 5.28. The molecule has 0 bridgehead atoms. The van der Waals surface area contributed by atoms with Gasteiger partial charge in [0, 0.05) is 12.2 Å². The molecule has 0 saturated heterocycles. The molecule has 0 spiro atoms. The second kappa shape index (κ2) is 6.44. The summed E-state index contributed by atoms with van der Waals surface area (Å²) >= 11 is 0. The summed E-state index contributed by atoms with van der Waals surface area (Å²) < 4.78 is 11.4. The van der Waals surface area contributed by atoms with Crippen LogP contribution in [-0.4, -0.2) is 19.3 Å². The first-order valence-corrected chi connectivity index (χ1v) is 5.28. The summed E-state index contributed by atoms with van der Waals surface area (Å²) in [7, 11) is -0.0509. The molecule has 1 atom stereocenters. The molecule has 0 heterocycles. The van der Waals surface area contributed by atoms with Gasteiger partial charge >= 0.3 is 7.12 Å². The van der Waals surface area contributed by atoms with Crippen molar-refractivity contribution in [1.29, 1.82) is 0 Å². The van der Waals surface area contributed by atoms with Crippen LogP contribution in [0.5, 0.6) is 0 Å². The third-order valence-corrected chi connectivity index (χ3v) is 1.92. The summed E-state index contributed by atoms with van der Waals surface area (Å²) in [4.78, 5) is 0. The molecule has 0 amide bonds. The Bertz CT molecular complexity index is 116. The Hall–Kier alpha value is -0.0151. The van der Waals surface area contributed by atoms with Crippen molar-refractivity contribution in [2.24, 2.45) is 0 Å². The lowest BCUT2D eigenvalue weighted by Crippen LogP contribution is -2.32. The maximum absolute atomic E-state index is 5.69. The highest BCUT2D eigenvalue weighted by atomic mass is 16.6. The zero-order valence-corrected chi connectivity index (χ0v) is 9.83. The van der Waals surface area contributed by atoms with E-state index in [2.05, 4.69) is 13.8 Å². The fourth-order valence-electron chi connectivity index (χ4n) is 1.03. The molecule has 0 aliphatic rings. The molecule has 0 aromatic heterocycles. The highest BCUT2D eigenvalue weighted by molar-refractivity contribution is 6.46. The average molecular weight is 186 g/mol. The summed E-state index contributed by atoms with van der Waals surface area (Å²) in [5.74, 6) is 0.463. The highest BCUT2D eigenvalue weighted by Crippen LogP contribution is 2.18. The molecule has 78 valence electrons. The number of hydrogen-bond acceptors (Lipinski definition) is 2. The van der Waals surface area contributed by atoms with E-state index < -0.39 is 0 Å². The first-order chi connectivity index (χ1) is 5.97. The van der Waals surface area contributed by atoms with Crippen molar-refractivity contribution in [2.75, 3.05) is 0 Å². The highest BCUT2D eigenvalue weighted by Gasteiger charge is 2.27. The Balaban J connectivity index is 4.02. The third kappa shape index (κ3) is 6.11. The molecule has 0 aromatic rings. The Morgan fingerprint density at radius 3 is 1.54 bits per heavy atom. The van der Waals surface area contributed by atoms with Crippen molar-refractivity contribution in [2.45, 2.75) is 66.0 Å². The fraction of sp³-hybridized carbons (Fsp3) is 1.00. The van der Waals surface area contributed by atoms with E-state index in [-0.39, 0.29) is 19.3 Å². The predicted octanol–water partition coefficient (Wildman–Crippen LogP) is 3.12. The van der Waals surface area contributed by atoms with Gasteiger partial charge in [0.2, 0.25) is 0 Å². The molecule has 0 aromatic carbocycles. The molecule has 1 unspecified atom stereocenters. The molecule has 0 N–H and O–H groups in total. The van der Waals surface area contributed by atoms with E-state index in [0.29, 0.717) is 5.82 Å². The zero-order valence-electron chi connectivity index (χ0n) is 9.83. The van der Waals surface area contributed by atoms with Crippen molar-refractivity contribution in [3.05, 3.63) is 0 Å². The minimum absolute atomic E-state index is 0.0509. The molecular formula is C10H23BO2. The maximum Gasteiger partial charge on any atom is 0.460 e. The molecule has 0 aliphatic carbocycles. The second-order valence-corrected chi connectivity index (χ2v) is 4.12. The van der Waals surface area contributed by atoms with E-state index in [0.717, 1.165) is 6.42 Å². The molecule has 0 rings (SSSR count). The van der Waals surface area contributed by atoms with Crippen LogP contribution in [0.1, 0.15) is 48.0 Å². The summed E-state index contributed by atoms with van der Waals surface area (Å²) in [6.07, 6.45) is 1.56. The summed E-state index contributed by atoms with van der Waals surface area (Å²) in [5.41, 5.74) is 0. The topological polar surface area (TPSA) is 18.5 Å². The van der Waals surface area contributed by atoms with Gasteiger partial charge < -0.3 is 9.31 Å². The van der Waals surface area contributed by atoms with E-state index in [1.807, 2.05) is 27.7 Å². The summed E-state index contributed by atoms with van der Waals surface area (Å²) in [6.45, 7) is 12.5. The number of hydrogen-bond donors (Lipinski definition) is 0. The van der Waals surface area contributed by atoms with Crippen LogP contribution in [0.25, 0.3) is 0 Å². The standard InChI is InChI=1S/C10H23BO2/c1-7-10(6)11(12-8(2)3)13-9(4)5/h8-10H,7H2,1-6H3. The van der Waals surface area contributed by atoms with Crippen LogP contribution in [0.15, 0.2) is 0 Å². The Labute approximate surface area is 83.1 Å². The van der Waals surface area contributed by atoms with E-state index >= 15 is 0 Å². The molecule has 0 fully saturated rings.